The summed E-state index contributed by atoms with van der Waals surface area (Å²) in [5.74, 6) is 0.172. The van der Waals surface area contributed by atoms with Crippen LogP contribution in [0.5, 0.6) is 0 Å². The third-order valence-electron chi connectivity index (χ3n) is 5.61. The molecular formula is C19H25N3O3. The van der Waals surface area contributed by atoms with Crippen molar-refractivity contribution in [2.45, 2.75) is 25.8 Å². The number of morpholine rings is 1. The molecule has 6 heteroatoms. The summed E-state index contributed by atoms with van der Waals surface area (Å²) in [5, 5.41) is 0. The number of hydrogen-bond donors (Lipinski definition) is 0. The van der Waals surface area contributed by atoms with Crippen LogP contribution in [0.3, 0.4) is 0 Å². The standard InChI is InChI=1S/C19H25N3O3/c1-14(23)22-7-4-15-12-16(2-3-18(15)22)19(24)21-6-5-17(13-21)20-8-10-25-11-9-20/h2-3,12,17H,4-11,13H2,1H3. The van der Waals surface area contributed by atoms with Crippen molar-refractivity contribution in [3.05, 3.63) is 29.3 Å². The summed E-state index contributed by atoms with van der Waals surface area (Å²) >= 11 is 0. The molecular weight excluding hydrogens is 318 g/mol. The van der Waals surface area contributed by atoms with E-state index in [0.29, 0.717) is 12.6 Å². The van der Waals surface area contributed by atoms with Gasteiger partial charge >= 0.3 is 0 Å². The molecule has 3 aliphatic rings. The number of carbonyl (C=O) groups is 2. The number of ether oxygens (including phenoxy) is 1. The van der Waals surface area contributed by atoms with Crippen molar-refractivity contribution in [1.82, 2.24) is 9.80 Å². The molecule has 0 N–H and O–H groups in total. The van der Waals surface area contributed by atoms with E-state index in [1.54, 1.807) is 11.8 Å². The van der Waals surface area contributed by atoms with Crippen molar-refractivity contribution in [3.63, 3.8) is 0 Å². The van der Waals surface area contributed by atoms with Crippen LogP contribution < -0.4 is 4.90 Å². The number of fused-ring (bicyclic) bond motifs is 1. The first-order valence-corrected chi connectivity index (χ1v) is 9.15. The molecule has 4 rings (SSSR count). The first-order valence-electron chi connectivity index (χ1n) is 9.15. The summed E-state index contributed by atoms with van der Waals surface area (Å²) in [4.78, 5) is 30.8. The summed E-state index contributed by atoms with van der Waals surface area (Å²) in [5.41, 5.74) is 2.80. The van der Waals surface area contributed by atoms with Gasteiger partial charge < -0.3 is 14.5 Å². The second kappa shape index (κ2) is 6.77. The first-order chi connectivity index (χ1) is 12.1. The Kier molecular flexibility index (Phi) is 4.48. The Hall–Kier alpha value is -1.92. The molecule has 0 aliphatic carbocycles. The Morgan fingerprint density at radius 3 is 2.68 bits per heavy atom. The van der Waals surface area contributed by atoms with E-state index in [2.05, 4.69) is 4.90 Å². The SMILES string of the molecule is CC(=O)N1CCc2cc(C(=O)N3CCC(N4CCOCC4)C3)ccc21. The van der Waals surface area contributed by atoms with Crippen LogP contribution in [-0.2, 0) is 16.0 Å². The van der Waals surface area contributed by atoms with Crippen LogP contribution in [0.4, 0.5) is 5.69 Å². The zero-order valence-electron chi connectivity index (χ0n) is 14.7. The van der Waals surface area contributed by atoms with E-state index >= 15 is 0 Å². The van der Waals surface area contributed by atoms with Gasteiger partial charge in [-0.15, -0.1) is 0 Å². The van der Waals surface area contributed by atoms with Gasteiger partial charge in [-0.3, -0.25) is 14.5 Å². The van der Waals surface area contributed by atoms with Crippen LogP contribution in [0.15, 0.2) is 18.2 Å². The molecule has 0 spiro atoms. The highest BCUT2D eigenvalue weighted by Crippen LogP contribution is 2.30. The Morgan fingerprint density at radius 1 is 1.12 bits per heavy atom. The molecule has 0 bridgehead atoms. The number of anilines is 1. The van der Waals surface area contributed by atoms with Crippen molar-refractivity contribution in [3.8, 4) is 0 Å². The highest BCUT2D eigenvalue weighted by Gasteiger charge is 2.32. The van der Waals surface area contributed by atoms with Gasteiger partial charge in [-0.05, 0) is 36.6 Å². The van der Waals surface area contributed by atoms with E-state index in [-0.39, 0.29) is 11.8 Å². The second-order valence-corrected chi connectivity index (χ2v) is 7.11. The van der Waals surface area contributed by atoms with Crippen molar-refractivity contribution >= 4 is 17.5 Å². The maximum absolute atomic E-state index is 12.9. The molecule has 1 aromatic carbocycles. The van der Waals surface area contributed by atoms with Crippen LogP contribution >= 0.6 is 0 Å². The fraction of sp³-hybridized carbons (Fsp3) is 0.579. The molecule has 0 aromatic heterocycles. The number of rotatable bonds is 2. The molecule has 3 aliphatic heterocycles. The van der Waals surface area contributed by atoms with Crippen molar-refractivity contribution < 1.29 is 14.3 Å². The smallest absolute Gasteiger partial charge is 0.253 e. The summed E-state index contributed by atoms with van der Waals surface area (Å²) in [6, 6.07) is 6.22. The zero-order chi connectivity index (χ0) is 17.4. The van der Waals surface area contributed by atoms with Crippen LogP contribution in [0.2, 0.25) is 0 Å². The van der Waals surface area contributed by atoms with Gasteiger partial charge in [0, 0.05) is 56.9 Å². The third-order valence-corrected chi connectivity index (χ3v) is 5.61. The molecule has 134 valence electrons. The molecule has 25 heavy (non-hydrogen) atoms. The quantitative estimate of drug-likeness (QED) is 0.808. The highest BCUT2D eigenvalue weighted by atomic mass is 16.5. The fourth-order valence-electron chi connectivity index (χ4n) is 4.21. The van der Waals surface area contributed by atoms with Gasteiger partial charge in [0.15, 0.2) is 0 Å². The number of hydrogen-bond acceptors (Lipinski definition) is 4. The average Bonchev–Trinajstić information content (AvgIpc) is 3.28. The zero-order valence-corrected chi connectivity index (χ0v) is 14.7. The van der Waals surface area contributed by atoms with E-state index in [4.69, 9.17) is 4.74 Å². The lowest BCUT2D eigenvalue weighted by atomic mass is 10.1. The maximum Gasteiger partial charge on any atom is 0.253 e. The van der Waals surface area contributed by atoms with Crippen LogP contribution in [0.25, 0.3) is 0 Å². The molecule has 2 amide bonds. The predicted molar refractivity (Wildman–Crippen MR) is 94.9 cm³/mol. The number of carbonyl (C=O) groups excluding carboxylic acids is 2. The van der Waals surface area contributed by atoms with Gasteiger partial charge in [0.2, 0.25) is 5.91 Å². The van der Waals surface area contributed by atoms with Crippen molar-refractivity contribution in [2.24, 2.45) is 0 Å². The van der Waals surface area contributed by atoms with E-state index in [0.717, 1.165) is 69.0 Å². The predicted octanol–water partition coefficient (Wildman–Crippen LogP) is 1.14. The normalized spacial score (nSPS) is 23.8. The fourth-order valence-corrected chi connectivity index (χ4v) is 4.21. The van der Waals surface area contributed by atoms with Gasteiger partial charge in [-0.1, -0.05) is 0 Å². The summed E-state index contributed by atoms with van der Waals surface area (Å²) in [6.45, 7) is 7.44. The number of likely N-dealkylation sites (tertiary alicyclic amines) is 1. The Morgan fingerprint density at radius 2 is 1.92 bits per heavy atom. The molecule has 2 saturated heterocycles. The maximum atomic E-state index is 12.9. The minimum absolute atomic E-state index is 0.0609. The molecule has 1 unspecified atom stereocenters. The lowest BCUT2D eigenvalue weighted by molar-refractivity contribution is -0.116. The molecule has 1 atom stereocenters. The second-order valence-electron chi connectivity index (χ2n) is 7.11. The summed E-state index contributed by atoms with van der Waals surface area (Å²) in [7, 11) is 0. The van der Waals surface area contributed by atoms with Crippen molar-refractivity contribution in [1.29, 1.82) is 0 Å². The number of amides is 2. The van der Waals surface area contributed by atoms with Gasteiger partial charge in [0.25, 0.3) is 5.91 Å². The summed E-state index contributed by atoms with van der Waals surface area (Å²) < 4.78 is 5.42. The lowest BCUT2D eigenvalue weighted by Crippen LogP contribution is -2.45. The first kappa shape index (κ1) is 16.5. The van der Waals surface area contributed by atoms with Gasteiger partial charge in [0.05, 0.1) is 13.2 Å². The molecule has 1 aromatic rings. The molecule has 0 radical (unpaired) electrons. The minimum atomic E-state index is 0.0609. The number of benzene rings is 1. The molecule has 3 heterocycles. The van der Waals surface area contributed by atoms with Gasteiger partial charge in [-0.25, -0.2) is 0 Å². The Bertz CT molecular complexity index is 684. The monoisotopic (exact) mass is 343 g/mol. The Labute approximate surface area is 148 Å². The van der Waals surface area contributed by atoms with Gasteiger partial charge in [0.1, 0.15) is 0 Å². The largest absolute Gasteiger partial charge is 0.379 e. The topological polar surface area (TPSA) is 53.1 Å². The molecule has 2 fully saturated rings. The van der Waals surface area contributed by atoms with Gasteiger partial charge in [-0.2, -0.15) is 0 Å². The van der Waals surface area contributed by atoms with Crippen LogP contribution in [-0.4, -0.2) is 73.6 Å². The third kappa shape index (κ3) is 3.16. The molecule has 6 nitrogen and oxygen atoms in total. The minimum Gasteiger partial charge on any atom is -0.379 e. The highest BCUT2D eigenvalue weighted by molar-refractivity contribution is 5.98. The van der Waals surface area contributed by atoms with Crippen LogP contribution in [0, 0.1) is 0 Å². The Balaban J connectivity index is 1.44. The van der Waals surface area contributed by atoms with Crippen LogP contribution in [0.1, 0.15) is 29.3 Å². The van der Waals surface area contributed by atoms with E-state index in [9.17, 15) is 9.59 Å². The molecule has 0 saturated carbocycles. The lowest BCUT2D eigenvalue weighted by Gasteiger charge is -2.32. The summed E-state index contributed by atoms with van der Waals surface area (Å²) in [6.07, 6.45) is 1.86. The van der Waals surface area contributed by atoms with E-state index in [1.807, 2.05) is 23.1 Å². The van der Waals surface area contributed by atoms with E-state index < -0.39 is 0 Å². The average molecular weight is 343 g/mol. The number of nitrogens with zero attached hydrogens (tertiary/aromatic N) is 3. The van der Waals surface area contributed by atoms with Crippen molar-refractivity contribution in [2.75, 3.05) is 50.8 Å². The van der Waals surface area contributed by atoms with E-state index in [1.165, 1.54) is 0 Å².